The Hall–Kier alpha value is -4.56. The van der Waals surface area contributed by atoms with E-state index in [2.05, 4.69) is 24.9 Å². The van der Waals surface area contributed by atoms with Crippen LogP contribution in [0.4, 0.5) is 17.3 Å². The molecule has 4 aromatic rings. The second-order valence-corrected chi connectivity index (χ2v) is 13.9. The van der Waals surface area contributed by atoms with Crippen molar-refractivity contribution in [1.29, 1.82) is 0 Å². The molecule has 0 bridgehead atoms. The van der Waals surface area contributed by atoms with E-state index in [9.17, 15) is 18.3 Å². The lowest BCUT2D eigenvalue weighted by Crippen LogP contribution is -2.26. The fourth-order valence-electron chi connectivity index (χ4n) is 5.18. The number of fused-ring (bicyclic) bond motifs is 1. The van der Waals surface area contributed by atoms with Gasteiger partial charge in [-0.25, -0.2) is 18.2 Å². The van der Waals surface area contributed by atoms with Crippen LogP contribution < -0.4 is 25.2 Å². The van der Waals surface area contributed by atoms with Gasteiger partial charge in [0.15, 0.2) is 11.5 Å². The van der Waals surface area contributed by atoms with E-state index in [1.807, 2.05) is 32.9 Å². The molecule has 0 unspecified atom stereocenters. The van der Waals surface area contributed by atoms with Gasteiger partial charge in [0, 0.05) is 37.8 Å². The van der Waals surface area contributed by atoms with Crippen molar-refractivity contribution < 1.29 is 27.8 Å². The Morgan fingerprint density at radius 1 is 1.13 bits per heavy atom. The predicted octanol–water partition coefficient (Wildman–Crippen LogP) is 4.91. The molecule has 5 rings (SSSR count). The molecule has 14 heteroatoms. The van der Waals surface area contributed by atoms with Crippen LogP contribution in [0, 0.1) is 0 Å². The van der Waals surface area contributed by atoms with Gasteiger partial charge in [0.2, 0.25) is 21.9 Å². The van der Waals surface area contributed by atoms with Crippen molar-refractivity contribution in [3.05, 3.63) is 59.9 Å². The molecule has 1 fully saturated rings. The van der Waals surface area contributed by atoms with Gasteiger partial charge in [-0.3, -0.25) is 4.72 Å². The summed E-state index contributed by atoms with van der Waals surface area (Å²) in [7, 11) is -0.208. The van der Waals surface area contributed by atoms with Crippen molar-refractivity contribution in [3.63, 3.8) is 0 Å². The number of carbonyl (C=O) groups is 1. The monoisotopic (exact) mass is 653 g/mol. The number of para-hydroxylation sites is 1. The molecule has 3 heterocycles. The summed E-state index contributed by atoms with van der Waals surface area (Å²) in [6, 6.07) is 12.4. The molecule has 0 saturated carbocycles. The molecule has 1 aliphatic rings. The molecule has 1 saturated heterocycles. The van der Waals surface area contributed by atoms with E-state index in [0.717, 1.165) is 43.4 Å². The third kappa shape index (κ3) is 8.79. The zero-order chi connectivity index (χ0) is 33.6. The van der Waals surface area contributed by atoms with E-state index >= 15 is 0 Å². The van der Waals surface area contributed by atoms with Crippen molar-refractivity contribution >= 4 is 44.2 Å². The number of rotatable bonds is 10. The highest BCUT2D eigenvalue weighted by Crippen LogP contribution is 2.37. The minimum atomic E-state index is -3.37. The zero-order valence-corrected chi connectivity index (χ0v) is 27.9. The van der Waals surface area contributed by atoms with E-state index in [0.29, 0.717) is 40.2 Å². The smallest absolute Gasteiger partial charge is 0.352 e. The van der Waals surface area contributed by atoms with Crippen LogP contribution in [0.2, 0.25) is 0 Å². The van der Waals surface area contributed by atoms with Gasteiger partial charge in [-0.15, -0.1) is 0 Å². The van der Waals surface area contributed by atoms with Crippen LogP contribution in [0.25, 0.3) is 10.9 Å². The summed E-state index contributed by atoms with van der Waals surface area (Å²) in [5, 5.41) is 13.4. The molecule has 13 nitrogen and oxygen atoms in total. The van der Waals surface area contributed by atoms with Crippen LogP contribution >= 0.6 is 0 Å². The summed E-state index contributed by atoms with van der Waals surface area (Å²) < 4.78 is 37.8. The molecule has 0 radical (unpaired) electrons. The van der Waals surface area contributed by atoms with Crippen LogP contribution in [0.5, 0.6) is 17.4 Å². The Morgan fingerprint density at radius 3 is 2.48 bits per heavy atom. The Bertz CT molecular complexity index is 1790. The number of aryl methyl sites for hydroxylation is 1. The van der Waals surface area contributed by atoms with Gasteiger partial charge in [-0.05, 0) is 61.2 Å². The summed E-state index contributed by atoms with van der Waals surface area (Å²) >= 11 is 0. The largest absolute Gasteiger partial charge is 0.492 e. The van der Waals surface area contributed by atoms with Crippen molar-refractivity contribution in [1.82, 2.24) is 19.4 Å². The van der Waals surface area contributed by atoms with E-state index in [1.165, 1.54) is 20.0 Å². The standard InChI is InChI=1S/C20H23N5O3.C12H20N2O3S/c1-24-15(19(26)27)13-14-5-4-6-16(18(14)24)28-17-7-8-21-20(23-17)22-9-12-25-10-2-3-11-25;1-12(2,3)8-6-9(13)11(17-4)10(7-8)14-18(5,15)16/h4-8,13H,2-3,9-12H2,1H3,(H,26,27)(H,21,22,23);6-7,14H,13H2,1-5H3. The third-order valence-corrected chi connectivity index (χ3v) is 8.07. The van der Waals surface area contributed by atoms with Crippen molar-refractivity contribution in [2.75, 3.05) is 55.3 Å². The number of anilines is 3. The number of aromatic carboxylic acids is 1. The predicted molar refractivity (Wildman–Crippen MR) is 181 cm³/mol. The number of nitrogens with two attached hydrogens (primary N) is 1. The molecule has 1 aliphatic heterocycles. The lowest BCUT2D eigenvalue weighted by molar-refractivity contribution is 0.0687. The van der Waals surface area contributed by atoms with Crippen molar-refractivity contribution in [2.45, 2.75) is 39.0 Å². The van der Waals surface area contributed by atoms with Crippen LogP contribution in [0.3, 0.4) is 0 Å². The maximum atomic E-state index is 11.4. The molecular weight excluding hydrogens is 610 g/mol. The average molecular weight is 654 g/mol. The molecule has 5 N–H and O–H groups in total. The normalized spacial score (nSPS) is 13.6. The minimum absolute atomic E-state index is 0.131. The third-order valence-electron chi connectivity index (χ3n) is 7.48. The van der Waals surface area contributed by atoms with Gasteiger partial charge in [0.05, 0.1) is 30.3 Å². The number of nitrogens with one attached hydrogen (secondary N) is 2. The first-order valence-electron chi connectivity index (χ1n) is 14.9. The first kappa shape index (κ1) is 34.3. The van der Waals surface area contributed by atoms with Gasteiger partial charge < -0.3 is 35.1 Å². The number of nitrogens with zero attached hydrogens (tertiary/aromatic N) is 4. The number of methoxy groups -OCH3 is 1. The van der Waals surface area contributed by atoms with Gasteiger partial charge >= 0.3 is 5.97 Å². The second-order valence-electron chi connectivity index (χ2n) is 12.2. The molecule has 2 aromatic heterocycles. The topological polar surface area (TPSA) is 174 Å². The lowest BCUT2D eigenvalue weighted by atomic mass is 9.86. The van der Waals surface area contributed by atoms with E-state index in [4.69, 9.17) is 15.2 Å². The highest BCUT2D eigenvalue weighted by molar-refractivity contribution is 7.92. The van der Waals surface area contributed by atoms with E-state index < -0.39 is 16.0 Å². The zero-order valence-electron chi connectivity index (χ0n) is 27.1. The lowest BCUT2D eigenvalue weighted by Gasteiger charge is -2.22. The summed E-state index contributed by atoms with van der Waals surface area (Å²) in [4.78, 5) is 22.5. The minimum Gasteiger partial charge on any atom is -0.492 e. The number of aromatic nitrogens is 3. The first-order valence-corrected chi connectivity index (χ1v) is 16.8. The highest BCUT2D eigenvalue weighted by atomic mass is 32.2. The average Bonchev–Trinajstić information content (AvgIpc) is 3.60. The number of carboxylic acid groups (broad SMARTS) is 1. The number of carboxylic acids is 1. The van der Waals surface area contributed by atoms with Gasteiger partial charge in [-0.1, -0.05) is 32.9 Å². The number of sulfonamides is 1. The van der Waals surface area contributed by atoms with Crippen LogP contribution in [-0.2, 0) is 22.5 Å². The van der Waals surface area contributed by atoms with E-state index in [-0.39, 0.29) is 11.1 Å². The van der Waals surface area contributed by atoms with Crippen molar-refractivity contribution in [2.24, 2.45) is 7.05 Å². The van der Waals surface area contributed by atoms with Gasteiger partial charge in [0.25, 0.3) is 0 Å². The Labute approximate surface area is 269 Å². The van der Waals surface area contributed by atoms with Crippen LogP contribution in [-0.4, -0.2) is 78.5 Å². The number of benzene rings is 2. The summed E-state index contributed by atoms with van der Waals surface area (Å²) in [5.74, 6) is 0.838. The molecule has 0 amide bonds. The number of hydrogen-bond acceptors (Lipinski definition) is 10. The maximum Gasteiger partial charge on any atom is 0.352 e. The van der Waals surface area contributed by atoms with E-state index in [1.54, 1.807) is 48.1 Å². The number of hydrogen-bond donors (Lipinski definition) is 4. The first-order chi connectivity index (χ1) is 21.7. The molecular formula is C32H43N7O6S. The number of ether oxygens (including phenoxy) is 2. The Kier molecular flexibility index (Phi) is 10.6. The summed E-state index contributed by atoms with van der Waals surface area (Å²) in [5.41, 5.74) is 8.39. The Morgan fingerprint density at radius 2 is 1.85 bits per heavy atom. The van der Waals surface area contributed by atoms with Gasteiger partial charge in [0.1, 0.15) is 5.69 Å². The quantitative estimate of drug-likeness (QED) is 0.171. The number of likely N-dealkylation sites (tertiary alicyclic amines) is 1. The Balaban J connectivity index is 0.000000232. The maximum absolute atomic E-state index is 11.4. The van der Waals surface area contributed by atoms with Crippen LogP contribution in [0.1, 0.15) is 49.7 Å². The SMILES string of the molecule is COc1c(N)cc(C(C)(C)C)cc1NS(C)(=O)=O.Cn1c(C(=O)O)cc2cccc(Oc3ccnc(NCCN4CCCC4)n3)c21. The summed E-state index contributed by atoms with van der Waals surface area (Å²) in [6.45, 7) is 10.1. The van der Waals surface area contributed by atoms with Crippen LogP contribution in [0.15, 0.2) is 48.7 Å². The fourth-order valence-corrected chi connectivity index (χ4v) is 5.73. The molecule has 46 heavy (non-hydrogen) atoms. The second kappa shape index (κ2) is 14.3. The molecule has 0 spiro atoms. The molecule has 2 aromatic carbocycles. The summed E-state index contributed by atoms with van der Waals surface area (Å²) in [6.07, 6.45) is 5.28. The van der Waals surface area contributed by atoms with Gasteiger partial charge in [-0.2, -0.15) is 4.98 Å². The number of nitrogen functional groups attached to an aromatic ring is 1. The highest BCUT2D eigenvalue weighted by Gasteiger charge is 2.20. The van der Waals surface area contributed by atoms with Crippen molar-refractivity contribution in [3.8, 4) is 17.4 Å². The fraction of sp³-hybridized carbons (Fsp3) is 0.406. The molecule has 0 aliphatic carbocycles. The molecule has 0 atom stereocenters. The molecule has 248 valence electrons.